The molecular weight excluding hydrogens is 268 g/mol. The molecule has 0 atom stereocenters. The molecule has 0 aliphatic heterocycles. The van der Waals surface area contributed by atoms with Crippen molar-refractivity contribution in [2.45, 2.75) is 0 Å². The second-order valence-electron chi connectivity index (χ2n) is 3.02. The molecule has 0 unspecified atom stereocenters. The van der Waals surface area contributed by atoms with Gasteiger partial charge in [0.15, 0.2) is 0 Å². The number of rotatable bonds is 2. The fraction of sp³-hybridized carbons (Fsp3) is 0. The Labute approximate surface area is 101 Å². The van der Waals surface area contributed by atoms with E-state index in [1.165, 1.54) is 0 Å². The van der Waals surface area contributed by atoms with E-state index in [1.807, 2.05) is 18.2 Å². The van der Waals surface area contributed by atoms with E-state index in [4.69, 9.17) is 10.00 Å². The zero-order valence-corrected chi connectivity index (χ0v) is 9.81. The maximum Gasteiger partial charge on any atom is 0.237 e. The minimum Gasteiger partial charge on any atom is -0.438 e. The Bertz CT molecular complexity index is 531. The molecule has 0 spiro atoms. The molecule has 0 radical (unpaired) electrons. The fourth-order valence-electron chi connectivity index (χ4n) is 1.17. The maximum atomic E-state index is 8.86. The van der Waals surface area contributed by atoms with Crippen LogP contribution in [0.25, 0.3) is 0 Å². The third kappa shape index (κ3) is 2.38. The molecule has 0 aliphatic carbocycles. The first kappa shape index (κ1) is 10.7. The Morgan fingerprint density at radius 3 is 2.62 bits per heavy atom. The minimum absolute atomic E-state index is 0.326. The molecule has 4 heteroatoms. The van der Waals surface area contributed by atoms with E-state index in [1.54, 1.807) is 30.5 Å². The second kappa shape index (κ2) is 4.77. The Balaban J connectivity index is 2.27. The number of nitriles is 1. The molecule has 0 N–H and O–H groups in total. The van der Waals surface area contributed by atoms with E-state index in [0.29, 0.717) is 17.2 Å². The highest BCUT2D eigenvalue weighted by molar-refractivity contribution is 9.10. The molecule has 1 aromatic heterocycles. The van der Waals surface area contributed by atoms with Gasteiger partial charge in [0.2, 0.25) is 5.88 Å². The monoisotopic (exact) mass is 274 g/mol. The number of hydrogen-bond acceptors (Lipinski definition) is 3. The van der Waals surface area contributed by atoms with Gasteiger partial charge in [0, 0.05) is 10.7 Å². The van der Waals surface area contributed by atoms with E-state index >= 15 is 0 Å². The summed E-state index contributed by atoms with van der Waals surface area (Å²) >= 11 is 3.34. The second-order valence-corrected chi connectivity index (χ2v) is 3.94. The van der Waals surface area contributed by atoms with E-state index in [9.17, 15) is 0 Å². The quantitative estimate of drug-likeness (QED) is 0.842. The Morgan fingerprint density at radius 2 is 1.94 bits per heavy atom. The van der Waals surface area contributed by atoms with Gasteiger partial charge in [-0.3, -0.25) is 0 Å². The Kier molecular flexibility index (Phi) is 3.18. The predicted molar refractivity (Wildman–Crippen MR) is 63.2 cm³/mol. The van der Waals surface area contributed by atoms with Gasteiger partial charge in [-0.1, -0.05) is 15.9 Å². The normalized spacial score (nSPS) is 9.50. The molecule has 2 rings (SSSR count). The van der Waals surface area contributed by atoms with Crippen molar-refractivity contribution in [1.82, 2.24) is 4.98 Å². The highest BCUT2D eigenvalue weighted by Gasteiger charge is 2.04. The first-order valence-electron chi connectivity index (χ1n) is 4.58. The molecule has 1 aromatic carbocycles. The predicted octanol–water partition coefficient (Wildman–Crippen LogP) is 3.51. The number of pyridine rings is 1. The van der Waals surface area contributed by atoms with Crippen LogP contribution in [0.5, 0.6) is 11.6 Å². The summed E-state index contributed by atoms with van der Waals surface area (Å²) in [5.74, 6) is 0.978. The first-order valence-corrected chi connectivity index (χ1v) is 5.37. The number of nitrogens with zero attached hydrogens (tertiary/aromatic N) is 2. The maximum absolute atomic E-state index is 8.86. The summed E-state index contributed by atoms with van der Waals surface area (Å²) in [6.07, 6.45) is 1.59. The standard InChI is InChI=1S/C12H7BrN2O/c13-10-3-5-11(6-4-10)16-12-9(8-14)2-1-7-15-12/h1-7H. The average Bonchev–Trinajstić information content (AvgIpc) is 2.33. The topological polar surface area (TPSA) is 45.9 Å². The van der Waals surface area contributed by atoms with Gasteiger partial charge in [-0.15, -0.1) is 0 Å². The van der Waals surface area contributed by atoms with Crippen molar-refractivity contribution >= 4 is 15.9 Å². The van der Waals surface area contributed by atoms with Gasteiger partial charge in [-0.05, 0) is 36.4 Å². The summed E-state index contributed by atoms with van der Waals surface area (Å²) in [4.78, 5) is 4.01. The summed E-state index contributed by atoms with van der Waals surface area (Å²) in [6, 6.07) is 12.7. The van der Waals surface area contributed by atoms with Crippen molar-refractivity contribution in [1.29, 1.82) is 5.26 Å². The van der Waals surface area contributed by atoms with Crippen LogP contribution in [0.1, 0.15) is 5.56 Å². The van der Waals surface area contributed by atoms with Gasteiger partial charge in [0.1, 0.15) is 17.4 Å². The van der Waals surface area contributed by atoms with Gasteiger partial charge < -0.3 is 4.74 Å². The molecule has 78 valence electrons. The number of benzene rings is 1. The highest BCUT2D eigenvalue weighted by atomic mass is 79.9. The van der Waals surface area contributed by atoms with Crippen LogP contribution < -0.4 is 4.74 Å². The van der Waals surface area contributed by atoms with Crippen LogP contribution in [0.2, 0.25) is 0 Å². The van der Waals surface area contributed by atoms with Crippen LogP contribution in [0.4, 0.5) is 0 Å². The molecule has 1 heterocycles. The molecule has 16 heavy (non-hydrogen) atoms. The first-order chi connectivity index (χ1) is 7.79. The smallest absolute Gasteiger partial charge is 0.237 e. The zero-order chi connectivity index (χ0) is 11.4. The van der Waals surface area contributed by atoms with Crippen LogP contribution in [0, 0.1) is 11.3 Å². The molecule has 2 aromatic rings. The Morgan fingerprint density at radius 1 is 1.19 bits per heavy atom. The highest BCUT2D eigenvalue weighted by Crippen LogP contribution is 2.23. The summed E-state index contributed by atoms with van der Waals surface area (Å²) < 4.78 is 6.47. The number of aromatic nitrogens is 1. The van der Waals surface area contributed by atoms with Crippen LogP contribution in [0.3, 0.4) is 0 Å². The van der Waals surface area contributed by atoms with Crippen LogP contribution >= 0.6 is 15.9 Å². The zero-order valence-electron chi connectivity index (χ0n) is 8.22. The largest absolute Gasteiger partial charge is 0.438 e. The van der Waals surface area contributed by atoms with Gasteiger partial charge in [0.05, 0.1) is 0 Å². The van der Waals surface area contributed by atoms with Crippen molar-refractivity contribution in [3.05, 3.63) is 52.6 Å². The third-order valence-corrected chi connectivity index (χ3v) is 2.45. The number of hydrogen-bond donors (Lipinski definition) is 0. The molecular formula is C12H7BrN2O. The van der Waals surface area contributed by atoms with Gasteiger partial charge in [-0.2, -0.15) is 5.26 Å². The molecule has 0 saturated carbocycles. The Hall–Kier alpha value is -1.86. The lowest BCUT2D eigenvalue weighted by Crippen LogP contribution is -1.90. The number of ether oxygens (including phenoxy) is 1. The average molecular weight is 275 g/mol. The van der Waals surface area contributed by atoms with Crippen molar-refractivity contribution in [2.75, 3.05) is 0 Å². The summed E-state index contributed by atoms with van der Waals surface area (Å²) in [6.45, 7) is 0. The van der Waals surface area contributed by atoms with Crippen LogP contribution in [-0.2, 0) is 0 Å². The van der Waals surface area contributed by atoms with Crippen molar-refractivity contribution in [3.63, 3.8) is 0 Å². The molecule has 3 nitrogen and oxygen atoms in total. The van der Waals surface area contributed by atoms with E-state index in [-0.39, 0.29) is 0 Å². The number of halogens is 1. The minimum atomic E-state index is 0.326. The van der Waals surface area contributed by atoms with Crippen molar-refractivity contribution in [2.24, 2.45) is 0 Å². The summed E-state index contributed by atoms with van der Waals surface area (Å²) in [7, 11) is 0. The lowest BCUT2D eigenvalue weighted by Gasteiger charge is -2.05. The van der Waals surface area contributed by atoms with Gasteiger partial charge in [0.25, 0.3) is 0 Å². The van der Waals surface area contributed by atoms with Crippen LogP contribution in [-0.4, -0.2) is 4.98 Å². The molecule has 0 saturated heterocycles. The van der Waals surface area contributed by atoms with E-state index in [2.05, 4.69) is 20.9 Å². The van der Waals surface area contributed by atoms with E-state index < -0.39 is 0 Å². The van der Waals surface area contributed by atoms with Crippen molar-refractivity contribution in [3.8, 4) is 17.7 Å². The lowest BCUT2D eigenvalue weighted by molar-refractivity contribution is 0.461. The summed E-state index contributed by atoms with van der Waals surface area (Å²) in [5, 5.41) is 8.86. The fourth-order valence-corrected chi connectivity index (χ4v) is 1.44. The van der Waals surface area contributed by atoms with Crippen molar-refractivity contribution < 1.29 is 4.74 Å². The lowest BCUT2D eigenvalue weighted by atomic mass is 10.3. The summed E-state index contributed by atoms with van der Waals surface area (Å²) in [5.41, 5.74) is 0.422. The SMILES string of the molecule is N#Cc1cccnc1Oc1ccc(Br)cc1. The van der Waals surface area contributed by atoms with E-state index in [0.717, 1.165) is 4.47 Å². The van der Waals surface area contributed by atoms with Gasteiger partial charge in [-0.25, -0.2) is 4.98 Å². The molecule has 0 amide bonds. The molecule has 0 aliphatic rings. The van der Waals surface area contributed by atoms with Crippen LogP contribution in [0.15, 0.2) is 47.1 Å². The third-order valence-electron chi connectivity index (χ3n) is 1.92. The molecule has 0 bridgehead atoms. The molecule has 0 fully saturated rings. The van der Waals surface area contributed by atoms with Gasteiger partial charge >= 0.3 is 0 Å².